The van der Waals surface area contributed by atoms with E-state index in [1.165, 1.54) is 11.1 Å². The van der Waals surface area contributed by atoms with Crippen LogP contribution in [0.25, 0.3) is 0 Å². The molecule has 0 spiro atoms. The molecular formula is C17H21NO2. The van der Waals surface area contributed by atoms with Gasteiger partial charge < -0.3 is 15.5 Å². The summed E-state index contributed by atoms with van der Waals surface area (Å²) in [6.07, 6.45) is 0.917. The molecule has 1 unspecified atom stereocenters. The van der Waals surface area contributed by atoms with Crippen molar-refractivity contribution in [1.82, 2.24) is 5.32 Å². The van der Waals surface area contributed by atoms with Gasteiger partial charge in [0.1, 0.15) is 11.5 Å². The van der Waals surface area contributed by atoms with Crippen molar-refractivity contribution in [2.75, 3.05) is 6.54 Å². The predicted molar refractivity (Wildman–Crippen MR) is 81.1 cm³/mol. The van der Waals surface area contributed by atoms with Crippen LogP contribution < -0.4 is 5.32 Å². The van der Waals surface area contributed by atoms with Gasteiger partial charge in [-0.3, -0.25) is 0 Å². The molecule has 3 heteroatoms. The lowest BCUT2D eigenvalue weighted by molar-refractivity contribution is 0.419. The third-order valence-corrected chi connectivity index (χ3v) is 3.44. The number of nitrogens with one attached hydrogen (secondary N) is 1. The molecule has 1 atom stereocenters. The summed E-state index contributed by atoms with van der Waals surface area (Å²) in [5.74, 6) is 0.251. The van der Waals surface area contributed by atoms with E-state index in [-0.39, 0.29) is 17.5 Å². The first-order valence-electron chi connectivity index (χ1n) is 6.87. The number of rotatable bonds is 5. The Kier molecular flexibility index (Phi) is 4.64. The molecule has 0 radical (unpaired) electrons. The topological polar surface area (TPSA) is 52.5 Å². The second-order valence-corrected chi connectivity index (χ2v) is 5.12. The van der Waals surface area contributed by atoms with Crippen molar-refractivity contribution in [3.63, 3.8) is 0 Å². The fourth-order valence-electron chi connectivity index (χ4n) is 2.39. The van der Waals surface area contributed by atoms with Gasteiger partial charge in [-0.05, 0) is 44.5 Å². The fourth-order valence-corrected chi connectivity index (χ4v) is 2.39. The molecular weight excluding hydrogens is 250 g/mol. The summed E-state index contributed by atoms with van der Waals surface area (Å²) in [4.78, 5) is 0. The van der Waals surface area contributed by atoms with Crippen molar-refractivity contribution < 1.29 is 10.2 Å². The standard InChI is InChI=1S/C17H21NO2/c1-12-5-3-6-14(11-12)9-10-18-13(2)17-15(19)7-4-8-16(17)20/h3-8,11,13,18-20H,9-10H2,1-2H3. The van der Waals surface area contributed by atoms with Crippen LogP contribution in [0, 0.1) is 6.92 Å². The zero-order chi connectivity index (χ0) is 14.5. The summed E-state index contributed by atoms with van der Waals surface area (Å²) in [7, 11) is 0. The van der Waals surface area contributed by atoms with Crippen LogP contribution in [0.4, 0.5) is 0 Å². The molecule has 20 heavy (non-hydrogen) atoms. The highest BCUT2D eigenvalue weighted by Gasteiger charge is 2.14. The molecule has 3 N–H and O–H groups in total. The van der Waals surface area contributed by atoms with E-state index in [0.717, 1.165) is 13.0 Å². The maximum Gasteiger partial charge on any atom is 0.124 e. The molecule has 2 aromatic carbocycles. The van der Waals surface area contributed by atoms with Crippen LogP contribution in [0.1, 0.15) is 29.7 Å². The van der Waals surface area contributed by atoms with E-state index in [2.05, 4.69) is 36.5 Å². The predicted octanol–water partition coefficient (Wildman–Crippen LogP) is 3.30. The van der Waals surface area contributed by atoms with E-state index in [9.17, 15) is 10.2 Å². The minimum Gasteiger partial charge on any atom is -0.507 e. The molecule has 106 valence electrons. The van der Waals surface area contributed by atoms with Crippen LogP contribution >= 0.6 is 0 Å². The molecule has 0 fully saturated rings. The Hall–Kier alpha value is -2.00. The molecule has 0 aromatic heterocycles. The highest BCUT2D eigenvalue weighted by molar-refractivity contribution is 5.44. The third kappa shape index (κ3) is 3.52. The number of aryl methyl sites for hydroxylation is 1. The molecule has 2 rings (SSSR count). The first-order valence-corrected chi connectivity index (χ1v) is 6.87. The van der Waals surface area contributed by atoms with Crippen molar-refractivity contribution in [3.05, 3.63) is 59.2 Å². The smallest absolute Gasteiger partial charge is 0.124 e. The van der Waals surface area contributed by atoms with Gasteiger partial charge in [-0.1, -0.05) is 35.9 Å². The molecule has 0 saturated carbocycles. The Bertz CT molecular complexity index is 561. The average Bonchev–Trinajstić information content (AvgIpc) is 2.38. The average molecular weight is 271 g/mol. The normalized spacial score (nSPS) is 12.3. The van der Waals surface area contributed by atoms with Crippen molar-refractivity contribution in [2.45, 2.75) is 26.3 Å². The molecule has 0 aliphatic carbocycles. The van der Waals surface area contributed by atoms with Crippen LogP contribution in [0.5, 0.6) is 11.5 Å². The van der Waals surface area contributed by atoms with Gasteiger partial charge in [-0.25, -0.2) is 0 Å². The Balaban J connectivity index is 1.94. The largest absolute Gasteiger partial charge is 0.507 e. The minimum absolute atomic E-state index is 0.0963. The van der Waals surface area contributed by atoms with Crippen molar-refractivity contribution in [2.24, 2.45) is 0 Å². The van der Waals surface area contributed by atoms with Gasteiger partial charge in [0.05, 0.1) is 5.56 Å². The number of benzene rings is 2. The van der Waals surface area contributed by atoms with Crippen molar-refractivity contribution in [1.29, 1.82) is 0 Å². The number of aromatic hydroxyl groups is 2. The minimum atomic E-state index is -0.0963. The quantitative estimate of drug-likeness (QED) is 0.782. The van der Waals surface area contributed by atoms with Crippen LogP contribution in [-0.2, 0) is 6.42 Å². The summed E-state index contributed by atoms with van der Waals surface area (Å²) >= 11 is 0. The van der Waals surface area contributed by atoms with Crippen LogP contribution in [0.2, 0.25) is 0 Å². The van der Waals surface area contributed by atoms with Gasteiger partial charge in [0.15, 0.2) is 0 Å². The molecule has 0 amide bonds. The number of phenolic OH excluding ortho intramolecular Hbond substituents is 2. The van der Waals surface area contributed by atoms with Gasteiger partial charge in [-0.15, -0.1) is 0 Å². The highest BCUT2D eigenvalue weighted by atomic mass is 16.3. The van der Waals surface area contributed by atoms with Gasteiger partial charge in [-0.2, -0.15) is 0 Å². The Morgan fingerprint density at radius 1 is 1.05 bits per heavy atom. The third-order valence-electron chi connectivity index (χ3n) is 3.44. The summed E-state index contributed by atoms with van der Waals surface area (Å²) < 4.78 is 0. The monoisotopic (exact) mass is 271 g/mol. The van der Waals surface area contributed by atoms with Gasteiger partial charge in [0.25, 0.3) is 0 Å². The van der Waals surface area contributed by atoms with Crippen LogP contribution in [0.3, 0.4) is 0 Å². The zero-order valence-electron chi connectivity index (χ0n) is 11.9. The lowest BCUT2D eigenvalue weighted by atomic mass is 10.0. The molecule has 0 bridgehead atoms. The fraction of sp³-hybridized carbons (Fsp3) is 0.294. The number of hydrogen-bond acceptors (Lipinski definition) is 3. The SMILES string of the molecule is Cc1cccc(CCNC(C)c2c(O)cccc2O)c1. The maximum absolute atomic E-state index is 9.81. The second-order valence-electron chi connectivity index (χ2n) is 5.12. The van der Waals surface area contributed by atoms with E-state index in [0.29, 0.717) is 5.56 Å². The highest BCUT2D eigenvalue weighted by Crippen LogP contribution is 2.31. The number of phenols is 2. The van der Waals surface area contributed by atoms with E-state index < -0.39 is 0 Å². The lowest BCUT2D eigenvalue weighted by Crippen LogP contribution is -2.21. The van der Waals surface area contributed by atoms with Gasteiger partial charge in [0.2, 0.25) is 0 Å². The summed E-state index contributed by atoms with van der Waals surface area (Å²) in [5, 5.41) is 23.0. The van der Waals surface area contributed by atoms with Gasteiger partial charge >= 0.3 is 0 Å². The Morgan fingerprint density at radius 3 is 2.35 bits per heavy atom. The van der Waals surface area contributed by atoms with Crippen molar-refractivity contribution >= 4 is 0 Å². The summed E-state index contributed by atoms with van der Waals surface area (Å²) in [5.41, 5.74) is 3.09. The van der Waals surface area contributed by atoms with Crippen molar-refractivity contribution in [3.8, 4) is 11.5 Å². The lowest BCUT2D eigenvalue weighted by Gasteiger charge is -2.17. The molecule has 0 aliphatic heterocycles. The maximum atomic E-state index is 9.81. The molecule has 2 aromatic rings. The van der Waals surface area contributed by atoms with Gasteiger partial charge in [0, 0.05) is 6.04 Å². The first-order chi connectivity index (χ1) is 9.58. The zero-order valence-corrected chi connectivity index (χ0v) is 11.9. The molecule has 3 nitrogen and oxygen atoms in total. The first kappa shape index (κ1) is 14.4. The van der Waals surface area contributed by atoms with E-state index in [4.69, 9.17) is 0 Å². The van der Waals surface area contributed by atoms with E-state index >= 15 is 0 Å². The molecule has 0 saturated heterocycles. The van der Waals surface area contributed by atoms with E-state index in [1.807, 2.05) is 6.92 Å². The second kappa shape index (κ2) is 6.44. The van der Waals surface area contributed by atoms with Crippen LogP contribution in [0.15, 0.2) is 42.5 Å². The summed E-state index contributed by atoms with van der Waals surface area (Å²) in [6, 6.07) is 13.1. The number of hydrogen-bond donors (Lipinski definition) is 3. The Morgan fingerprint density at radius 2 is 1.70 bits per heavy atom. The molecule has 0 aliphatic rings. The summed E-state index contributed by atoms with van der Waals surface area (Å²) in [6.45, 7) is 4.81. The Labute approximate surface area is 119 Å². The van der Waals surface area contributed by atoms with Crippen LogP contribution in [-0.4, -0.2) is 16.8 Å². The molecule has 0 heterocycles. The van der Waals surface area contributed by atoms with E-state index in [1.54, 1.807) is 18.2 Å².